The van der Waals surface area contributed by atoms with Crippen molar-refractivity contribution in [3.05, 3.63) is 29.3 Å². The van der Waals surface area contributed by atoms with Gasteiger partial charge in [0.05, 0.1) is 6.10 Å². The van der Waals surface area contributed by atoms with Crippen LogP contribution in [0.15, 0.2) is 24.3 Å². The van der Waals surface area contributed by atoms with Gasteiger partial charge < -0.3 is 9.26 Å². The van der Waals surface area contributed by atoms with Crippen molar-refractivity contribution in [2.75, 3.05) is 0 Å². The first-order chi connectivity index (χ1) is 8.88. The lowest BCUT2D eigenvalue weighted by Gasteiger charge is -2.15. The Balaban J connectivity index is 2.46. The Hall–Kier alpha value is -1.03. The predicted octanol–water partition coefficient (Wildman–Crippen LogP) is 3.04. The van der Waals surface area contributed by atoms with Gasteiger partial charge in [-0.1, -0.05) is 11.6 Å². The van der Waals surface area contributed by atoms with Gasteiger partial charge in [0.15, 0.2) is 0 Å². The lowest BCUT2D eigenvalue weighted by molar-refractivity contribution is -0.148. The summed E-state index contributed by atoms with van der Waals surface area (Å²) >= 11 is 5.72. The van der Waals surface area contributed by atoms with E-state index in [1.54, 1.807) is 45.0 Å². The highest BCUT2D eigenvalue weighted by Gasteiger charge is 2.18. The van der Waals surface area contributed by atoms with Crippen molar-refractivity contribution in [2.24, 2.45) is 0 Å². The van der Waals surface area contributed by atoms with E-state index in [2.05, 4.69) is 5.09 Å². The predicted molar refractivity (Wildman–Crippen MR) is 74.9 cm³/mol. The monoisotopic (exact) mass is 305 g/mol. The molecule has 0 amide bonds. The van der Waals surface area contributed by atoms with Crippen molar-refractivity contribution >= 4 is 25.7 Å². The van der Waals surface area contributed by atoms with Crippen LogP contribution in [0.3, 0.4) is 0 Å². The van der Waals surface area contributed by atoms with Crippen LogP contribution >= 0.6 is 19.8 Å². The second-order valence-electron chi connectivity index (χ2n) is 4.20. The molecule has 1 rings (SSSR count). The minimum absolute atomic E-state index is 0.212. The van der Waals surface area contributed by atoms with E-state index in [1.807, 2.05) is 0 Å². The van der Waals surface area contributed by atoms with Crippen LogP contribution in [0.2, 0.25) is 5.02 Å². The first-order valence-electron chi connectivity index (χ1n) is 5.83. The van der Waals surface area contributed by atoms with Gasteiger partial charge in [-0.2, -0.15) is 0 Å². The molecule has 0 aliphatic heterocycles. The lowest BCUT2D eigenvalue weighted by atomic mass is 10.3. The first kappa shape index (κ1) is 16.0. The summed E-state index contributed by atoms with van der Waals surface area (Å²) < 4.78 is 21.9. The molecule has 1 aromatic rings. The Morgan fingerprint density at radius 1 is 1.26 bits per heavy atom. The number of benzene rings is 1. The number of carbonyl (C=O) groups is 1. The molecule has 2 atom stereocenters. The summed E-state index contributed by atoms with van der Waals surface area (Å²) in [5, 5.41) is 3.13. The molecule has 7 heteroatoms. The van der Waals surface area contributed by atoms with Gasteiger partial charge in [0.1, 0.15) is 11.8 Å². The fraction of sp³-hybridized carbons (Fsp3) is 0.417. The third-order valence-corrected chi connectivity index (χ3v) is 3.41. The van der Waals surface area contributed by atoms with Crippen molar-refractivity contribution in [3.8, 4) is 5.75 Å². The third-order valence-electron chi connectivity index (χ3n) is 2.06. The third kappa shape index (κ3) is 6.10. The maximum absolute atomic E-state index is 11.7. The van der Waals surface area contributed by atoms with Crippen LogP contribution in [0.1, 0.15) is 20.8 Å². The maximum atomic E-state index is 11.7. The van der Waals surface area contributed by atoms with E-state index in [4.69, 9.17) is 20.9 Å². The Kier molecular flexibility index (Phi) is 6.35. The fourth-order valence-electron chi connectivity index (χ4n) is 1.21. The minimum Gasteiger partial charge on any atom is -0.462 e. The van der Waals surface area contributed by atoms with Crippen LogP contribution in [0.4, 0.5) is 0 Å². The van der Waals surface area contributed by atoms with Crippen molar-refractivity contribution in [1.29, 1.82) is 0 Å². The molecule has 0 aliphatic rings. The second kappa shape index (κ2) is 7.53. The van der Waals surface area contributed by atoms with Gasteiger partial charge in [-0.25, -0.2) is 5.09 Å². The average Bonchev–Trinajstić information content (AvgIpc) is 2.31. The average molecular weight is 306 g/mol. The summed E-state index contributed by atoms with van der Waals surface area (Å²) in [5.41, 5.74) is 0. The molecule has 1 aromatic carbocycles. The van der Waals surface area contributed by atoms with Crippen molar-refractivity contribution in [1.82, 2.24) is 5.09 Å². The highest BCUT2D eigenvalue weighted by atomic mass is 35.5. The fourth-order valence-corrected chi connectivity index (χ4v) is 2.22. The summed E-state index contributed by atoms with van der Waals surface area (Å²) in [5.74, 6) is -0.0433. The van der Waals surface area contributed by atoms with Crippen LogP contribution in [-0.4, -0.2) is 18.1 Å². The molecule has 1 unspecified atom stereocenters. The topological polar surface area (TPSA) is 64.6 Å². The number of rotatable bonds is 6. The van der Waals surface area contributed by atoms with Gasteiger partial charge in [0, 0.05) is 5.02 Å². The minimum atomic E-state index is -2.58. The number of carbonyl (C=O) groups excluding carboxylic acids is 1. The van der Waals surface area contributed by atoms with E-state index in [9.17, 15) is 9.36 Å². The maximum Gasteiger partial charge on any atom is 0.323 e. The Labute approximate surface area is 118 Å². The standard InChI is InChI=1S/C12H17ClNO4P/c1-8(2)17-12(15)9(3)14-19(16)18-11-6-4-10(13)5-7-11/h4-9,19H,1-3H3,(H,14,16)/t9-/m0/s1. The van der Waals surface area contributed by atoms with Gasteiger partial charge >= 0.3 is 14.1 Å². The molecule has 1 N–H and O–H groups in total. The highest BCUT2D eigenvalue weighted by Crippen LogP contribution is 2.25. The van der Waals surface area contributed by atoms with E-state index >= 15 is 0 Å². The molecular weight excluding hydrogens is 289 g/mol. The number of hydrogen-bond donors (Lipinski definition) is 1. The van der Waals surface area contributed by atoms with E-state index in [-0.39, 0.29) is 6.10 Å². The van der Waals surface area contributed by atoms with Gasteiger partial charge in [-0.3, -0.25) is 9.36 Å². The van der Waals surface area contributed by atoms with E-state index in [1.165, 1.54) is 0 Å². The normalized spacial score (nSPS) is 13.9. The summed E-state index contributed by atoms with van der Waals surface area (Å²) in [7, 11) is -2.58. The number of nitrogens with one attached hydrogen (secondary N) is 1. The van der Waals surface area contributed by atoms with E-state index < -0.39 is 20.2 Å². The first-order valence-corrected chi connectivity index (χ1v) is 7.52. The highest BCUT2D eigenvalue weighted by molar-refractivity contribution is 7.37. The quantitative estimate of drug-likeness (QED) is 0.646. The molecule has 0 bridgehead atoms. The molecule has 0 fully saturated rings. The molecule has 0 aliphatic carbocycles. The molecule has 0 saturated heterocycles. The van der Waals surface area contributed by atoms with Gasteiger partial charge in [-0.05, 0) is 45.0 Å². The summed E-state index contributed by atoms with van der Waals surface area (Å²) in [4.78, 5) is 11.5. The van der Waals surface area contributed by atoms with Crippen molar-refractivity contribution < 1.29 is 18.6 Å². The van der Waals surface area contributed by atoms with E-state index in [0.717, 1.165) is 0 Å². The molecular formula is C12H17ClNO4P. The van der Waals surface area contributed by atoms with E-state index in [0.29, 0.717) is 10.8 Å². The zero-order chi connectivity index (χ0) is 14.4. The van der Waals surface area contributed by atoms with Crippen molar-refractivity contribution in [3.63, 3.8) is 0 Å². The molecule has 0 radical (unpaired) electrons. The zero-order valence-electron chi connectivity index (χ0n) is 11.0. The molecule has 5 nitrogen and oxygen atoms in total. The second-order valence-corrected chi connectivity index (χ2v) is 5.70. The van der Waals surface area contributed by atoms with Crippen LogP contribution in [-0.2, 0) is 14.1 Å². The Morgan fingerprint density at radius 2 is 1.84 bits per heavy atom. The van der Waals surface area contributed by atoms with Crippen molar-refractivity contribution in [2.45, 2.75) is 32.9 Å². The van der Waals surface area contributed by atoms with Crippen LogP contribution < -0.4 is 9.61 Å². The number of halogens is 1. The zero-order valence-corrected chi connectivity index (χ0v) is 12.7. The molecule has 106 valence electrons. The molecule has 0 saturated carbocycles. The van der Waals surface area contributed by atoms with Gasteiger partial charge in [-0.15, -0.1) is 0 Å². The lowest BCUT2D eigenvalue weighted by Crippen LogP contribution is -2.33. The molecule has 19 heavy (non-hydrogen) atoms. The molecule has 0 heterocycles. The summed E-state index contributed by atoms with van der Waals surface area (Å²) in [6, 6.07) is 5.76. The molecule has 0 aromatic heterocycles. The number of ether oxygens (including phenoxy) is 1. The smallest absolute Gasteiger partial charge is 0.323 e. The van der Waals surface area contributed by atoms with Crippen LogP contribution in [0, 0.1) is 0 Å². The summed E-state index contributed by atoms with van der Waals surface area (Å²) in [6.45, 7) is 5.06. The van der Waals surface area contributed by atoms with Gasteiger partial charge in [0.2, 0.25) is 0 Å². The Morgan fingerprint density at radius 3 is 2.37 bits per heavy atom. The Bertz CT molecular complexity index is 450. The van der Waals surface area contributed by atoms with Crippen LogP contribution in [0.5, 0.6) is 5.75 Å². The largest absolute Gasteiger partial charge is 0.462 e. The molecule has 0 spiro atoms. The van der Waals surface area contributed by atoms with Gasteiger partial charge in [0.25, 0.3) is 0 Å². The number of esters is 1. The SMILES string of the molecule is CC(C)OC(=O)[C@H](C)N[PH](=O)Oc1ccc(Cl)cc1. The number of hydrogen-bond acceptors (Lipinski definition) is 4. The van der Waals surface area contributed by atoms with Crippen LogP contribution in [0.25, 0.3) is 0 Å². The summed E-state index contributed by atoms with van der Waals surface area (Å²) in [6.07, 6.45) is -0.212.